The second kappa shape index (κ2) is 11.4. The molecule has 0 atom stereocenters. The van der Waals surface area contributed by atoms with Gasteiger partial charge in [0.05, 0.1) is 39.3 Å². The van der Waals surface area contributed by atoms with Gasteiger partial charge in [0.2, 0.25) is 0 Å². The fraction of sp³-hybridized carbons (Fsp3) is 0.318. The zero-order valence-electron chi connectivity index (χ0n) is 18.7. The lowest BCUT2D eigenvalue weighted by atomic mass is 10.1. The highest BCUT2D eigenvalue weighted by atomic mass is 35.5. The zero-order chi connectivity index (χ0) is 24.8. The molecule has 8 nitrogen and oxygen atoms in total. The quantitative estimate of drug-likeness (QED) is 0.225. The highest BCUT2D eigenvalue weighted by Gasteiger charge is 2.17. The van der Waals surface area contributed by atoms with Crippen molar-refractivity contribution in [3.63, 3.8) is 0 Å². The van der Waals surface area contributed by atoms with E-state index in [1.807, 2.05) is 0 Å². The lowest BCUT2D eigenvalue weighted by Gasteiger charge is -2.20. The van der Waals surface area contributed by atoms with Crippen molar-refractivity contribution < 1.29 is 19.1 Å². The van der Waals surface area contributed by atoms with Crippen molar-refractivity contribution in [1.82, 2.24) is 5.32 Å². The van der Waals surface area contributed by atoms with Crippen molar-refractivity contribution in [2.24, 2.45) is 0 Å². The molecule has 2 aromatic rings. The molecule has 0 aliphatic carbocycles. The van der Waals surface area contributed by atoms with E-state index in [0.29, 0.717) is 22.1 Å². The smallest absolute Gasteiger partial charge is 0.407 e. The van der Waals surface area contributed by atoms with Crippen molar-refractivity contribution in [3.8, 4) is 0 Å². The van der Waals surface area contributed by atoms with Gasteiger partial charge in [-0.25, -0.2) is 9.59 Å². The van der Waals surface area contributed by atoms with Crippen LogP contribution in [0.25, 0.3) is 0 Å². The largest absolute Gasteiger partial charge is 0.462 e. The van der Waals surface area contributed by atoms with E-state index in [1.54, 1.807) is 45.9 Å². The molecule has 0 saturated carbocycles. The van der Waals surface area contributed by atoms with Gasteiger partial charge < -0.3 is 31.2 Å². The minimum absolute atomic E-state index is 0.159. The van der Waals surface area contributed by atoms with Gasteiger partial charge in [0, 0.05) is 6.54 Å². The minimum Gasteiger partial charge on any atom is -0.462 e. The summed E-state index contributed by atoms with van der Waals surface area (Å²) in [5.41, 5.74) is 7.52. The second-order valence-corrected chi connectivity index (χ2v) is 9.11. The molecule has 0 bridgehead atoms. The number of carbonyl (C=O) groups is 2. The molecule has 0 aromatic heterocycles. The zero-order valence-corrected chi connectivity index (χ0v) is 21.0. The SMILES string of the molecule is CCOC(=O)c1cc(NC(=S)Nc2cc(CNC(=O)OC(C)(C)C)ccc2Cl)c(N)cc1Cl. The van der Waals surface area contributed by atoms with Gasteiger partial charge in [-0.15, -0.1) is 0 Å². The van der Waals surface area contributed by atoms with Gasteiger partial charge in [0.15, 0.2) is 5.11 Å². The van der Waals surface area contributed by atoms with E-state index in [0.717, 1.165) is 5.56 Å². The number of nitrogens with two attached hydrogens (primary N) is 1. The fourth-order valence-electron chi connectivity index (χ4n) is 2.60. The average molecular weight is 513 g/mol. The Kier molecular flexibility index (Phi) is 9.16. The Bertz CT molecular complexity index is 1060. The van der Waals surface area contributed by atoms with Gasteiger partial charge in [-0.05, 0) is 69.7 Å². The molecular weight excluding hydrogens is 487 g/mol. The van der Waals surface area contributed by atoms with Crippen molar-refractivity contribution in [2.75, 3.05) is 23.0 Å². The van der Waals surface area contributed by atoms with E-state index >= 15 is 0 Å². The number of nitrogen functional groups attached to an aromatic ring is 1. The average Bonchev–Trinajstić information content (AvgIpc) is 2.69. The van der Waals surface area contributed by atoms with Crippen LogP contribution in [-0.4, -0.2) is 29.4 Å². The summed E-state index contributed by atoms with van der Waals surface area (Å²) in [5, 5.41) is 9.35. The standard InChI is InChI=1S/C22H26Cl2N4O4S/c1-5-31-19(29)13-9-18(16(25)10-15(13)24)28-20(33)27-17-8-12(6-7-14(17)23)11-26-21(30)32-22(2,3)4/h6-10H,5,11,25H2,1-4H3,(H,26,30)(H2,27,28,33). The van der Waals surface area contributed by atoms with Crippen molar-refractivity contribution in [3.05, 3.63) is 51.5 Å². The van der Waals surface area contributed by atoms with Crippen LogP contribution in [-0.2, 0) is 16.0 Å². The molecule has 2 aromatic carbocycles. The number of alkyl carbamates (subject to hydrolysis) is 1. The third-order valence-electron chi connectivity index (χ3n) is 4.00. The van der Waals surface area contributed by atoms with Gasteiger partial charge in [0.25, 0.3) is 0 Å². The van der Waals surface area contributed by atoms with E-state index in [-0.39, 0.29) is 28.9 Å². The van der Waals surface area contributed by atoms with Crippen LogP contribution < -0.4 is 21.7 Å². The Morgan fingerprint density at radius 1 is 1.06 bits per heavy atom. The molecule has 0 unspecified atom stereocenters. The number of anilines is 3. The number of rotatable bonds is 6. The van der Waals surface area contributed by atoms with Crippen LogP contribution in [0.1, 0.15) is 43.6 Å². The van der Waals surface area contributed by atoms with E-state index in [1.165, 1.54) is 12.1 Å². The molecule has 5 N–H and O–H groups in total. The predicted octanol–water partition coefficient (Wildman–Crippen LogP) is 5.59. The van der Waals surface area contributed by atoms with E-state index in [4.69, 9.17) is 50.6 Å². The number of hydrogen-bond donors (Lipinski definition) is 4. The molecule has 1 amide bonds. The molecule has 178 valence electrons. The molecule has 0 spiro atoms. The van der Waals surface area contributed by atoms with Crippen LogP contribution in [0.4, 0.5) is 21.9 Å². The molecule has 33 heavy (non-hydrogen) atoms. The number of ether oxygens (including phenoxy) is 2. The third kappa shape index (κ3) is 8.27. The molecule has 0 radical (unpaired) electrons. The summed E-state index contributed by atoms with van der Waals surface area (Å²) in [7, 11) is 0. The molecule has 2 rings (SSSR count). The Morgan fingerprint density at radius 3 is 2.36 bits per heavy atom. The Labute approximate surface area is 208 Å². The van der Waals surface area contributed by atoms with Crippen molar-refractivity contribution in [1.29, 1.82) is 0 Å². The first-order chi connectivity index (χ1) is 15.4. The van der Waals surface area contributed by atoms with E-state index < -0.39 is 17.7 Å². The first-order valence-corrected chi connectivity index (χ1v) is 11.2. The highest BCUT2D eigenvalue weighted by molar-refractivity contribution is 7.80. The Balaban J connectivity index is 2.10. The first kappa shape index (κ1) is 26.5. The van der Waals surface area contributed by atoms with E-state index in [2.05, 4.69) is 16.0 Å². The van der Waals surface area contributed by atoms with E-state index in [9.17, 15) is 9.59 Å². The number of amides is 1. The summed E-state index contributed by atoms with van der Waals surface area (Å²) in [6.45, 7) is 7.49. The number of thiocarbonyl (C=S) groups is 1. The number of esters is 1. The number of halogens is 2. The molecule has 0 heterocycles. The molecule has 0 fully saturated rings. The van der Waals surface area contributed by atoms with Crippen molar-refractivity contribution in [2.45, 2.75) is 39.8 Å². The van der Waals surface area contributed by atoms with Crippen LogP contribution in [0.5, 0.6) is 0 Å². The maximum absolute atomic E-state index is 12.1. The number of hydrogen-bond acceptors (Lipinski definition) is 6. The van der Waals surface area contributed by atoms with Gasteiger partial charge in [-0.1, -0.05) is 29.3 Å². The summed E-state index contributed by atoms with van der Waals surface area (Å²) in [6.07, 6.45) is -0.528. The first-order valence-electron chi connectivity index (χ1n) is 9.99. The monoisotopic (exact) mass is 512 g/mol. The van der Waals surface area contributed by atoms with Crippen LogP contribution >= 0.6 is 35.4 Å². The van der Waals surface area contributed by atoms with Gasteiger partial charge in [0.1, 0.15) is 5.60 Å². The Morgan fingerprint density at radius 2 is 1.73 bits per heavy atom. The summed E-state index contributed by atoms with van der Waals surface area (Å²) in [5.74, 6) is -0.572. The van der Waals surface area contributed by atoms with Crippen LogP contribution in [0.2, 0.25) is 10.0 Å². The fourth-order valence-corrected chi connectivity index (χ4v) is 3.24. The molecular formula is C22H26Cl2N4O4S. The third-order valence-corrected chi connectivity index (χ3v) is 4.84. The number of benzene rings is 2. The van der Waals surface area contributed by atoms with Crippen molar-refractivity contribution >= 4 is 69.7 Å². The number of carbonyl (C=O) groups excluding carboxylic acids is 2. The van der Waals surface area contributed by atoms with Crippen LogP contribution in [0, 0.1) is 0 Å². The number of nitrogens with one attached hydrogen (secondary N) is 3. The predicted molar refractivity (Wildman–Crippen MR) is 136 cm³/mol. The Hall–Kier alpha value is -2.75. The van der Waals surface area contributed by atoms with Crippen LogP contribution in [0.3, 0.4) is 0 Å². The summed E-state index contributed by atoms with van der Waals surface area (Å²) in [4.78, 5) is 24.0. The maximum atomic E-state index is 12.1. The lowest BCUT2D eigenvalue weighted by molar-refractivity contribution is 0.0514. The summed E-state index contributed by atoms with van der Waals surface area (Å²) in [6, 6.07) is 8.09. The molecule has 0 saturated heterocycles. The van der Waals surface area contributed by atoms with Gasteiger partial charge in [-0.2, -0.15) is 0 Å². The highest BCUT2D eigenvalue weighted by Crippen LogP contribution is 2.29. The van der Waals surface area contributed by atoms with Gasteiger partial charge in [-0.3, -0.25) is 0 Å². The molecule has 11 heteroatoms. The minimum atomic E-state index is -0.592. The second-order valence-electron chi connectivity index (χ2n) is 7.89. The summed E-state index contributed by atoms with van der Waals surface area (Å²) < 4.78 is 10.2. The van der Waals surface area contributed by atoms with Crippen LogP contribution in [0.15, 0.2) is 30.3 Å². The maximum Gasteiger partial charge on any atom is 0.407 e. The normalized spacial score (nSPS) is 10.8. The molecule has 0 aliphatic heterocycles. The topological polar surface area (TPSA) is 115 Å². The van der Waals surface area contributed by atoms with Gasteiger partial charge >= 0.3 is 12.1 Å². The lowest BCUT2D eigenvalue weighted by Crippen LogP contribution is -2.32. The summed E-state index contributed by atoms with van der Waals surface area (Å²) >= 11 is 17.8. The molecule has 0 aliphatic rings.